The molecule has 0 spiro atoms. The maximum atomic E-state index is 12.2. The number of rotatable bonds is 4. The second-order valence-electron chi connectivity index (χ2n) is 5.21. The van der Waals surface area contributed by atoms with Crippen molar-refractivity contribution < 1.29 is 9.90 Å². The zero-order chi connectivity index (χ0) is 13.8. The van der Waals surface area contributed by atoms with Crippen LogP contribution in [0.1, 0.15) is 18.9 Å². The molecule has 0 aromatic heterocycles. The predicted molar refractivity (Wildman–Crippen MR) is 74.6 cm³/mol. The predicted octanol–water partition coefficient (Wildman–Crippen LogP) is 1.10. The summed E-state index contributed by atoms with van der Waals surface area (Å²) in [5.41, 5.74) is 1.22. The Morgan fingerprint density at radius 3 is 2.63 bits per heavy atom. The minimum atomic E-state index is -0.0971. The zero-order valence-corrected chi connectivity index (χ0v) is 11.6. The van der Waals surface area contributed by atoms with Crippen molar-refractivity contribution in [1.82, 2.24) is 9.80 Å². The monoisotopic (exact) mass is 262 g/mol. The molecule has 0 unspecified atom stereocenters. The van der Waals surface area contributed by atoms with E-state index in [0.29, 0.717) is 6.42 Å². The lowest BCUT2D eigenvalue weighted by atomic mass is 10.0. The maximum Gasteiger partial charge on any atom is 0.239 e. The normalized spacial score (nSPS) is 24.8. The molecule has 1 aromatic rings. The van der Waals surface area contributed by atoms with Gasteiger partial charge in [0.25, 0.3) is 0 Å². The first kappa shape index (κ1) is 14.0. The van der Waals surface area contributed by atoms with Gasteiger partial charge in [-0.05, 0) is 18.9 Å². The number of aliphatic hydroxyl groups is 1. The minimum absolute atomic E-state index is 0.0971. The topological polar surface area (TPSA) is 43.8 Å². The molecule has 0 radical (unpaired) electrons. The van der Waals surface area contributed by atoms with Gasteiger partial charge in [-0.3, -0.25) is 9.69 Å². The van der Waals surface area contributed by atoms with Gasteiger partial charge in [-0.2, -0.15) is 0 Å². The number of carbonyl (C=O) groups is 1. The van der Waals surface area contributed by atoms with Crippen LogP contribution in [0.15, 0.2) is 30.3 Å². The van der Waals surface area contributed by atoms with Crippen LogP contribution < -0.4 is 0 Å². The van der Waals surface area contributed by atoms with E-state index in [4.69, 9.17) is 5.11 Å². The Hall–Kier alpha value is -1.39. The summed E-state index contributed by atoms with van der Waals surface area (Å²) < 4.78 is 0. The third kappa shape index (κ3) is 3.14. The van der Waals surface area contributed by atoms with Crippen LogP contribution in [0.2, 0.25) is 0 Å². The largest absolute Gasteiger partial charge is 0.396 e. The molecule has 1 aliphatic heterocycles. The molecule has 1 saturated heterocycles. The second kappa shape index (κ2) is 6.17. The Labute approximate surface area is 114 Å². The molecular formula is C15H22N2O2. The smallest absolute Gasteiger partial charge is 0.239 e. The van der Waals surface area contributed by atoms with Crippen LogP contribution in [0.25, 0.3) is 0 Å². The number of likely N-dealkylation sites (N-methyl/N-ethyl adjacent to an activating group) is 1. The third-order valence-corrected chi connectivity index (χ3v) is 3.94. The summed E-state index contributed by atoms with van der Waals surface area (Å²) in [5.74, 6) is 0.139. The highest BCUT2D eigenvalue weighted by Crippen LogP contribution is 2.19. The van der Waals surface area contributed by atoms with Crippen LogP contribution in [0.3, 0.4) is 0 Å². The number of benzene rings is 1. The highest BCUT2D eigenvalue weighted by molar-refractivity contribution is 5.82. The quantitative estimate of drug-likeness (QED) is 0.883. The van der Waals surface area contributed by atoms with E-state index >= 15 is 0 Å². The van der Waals surface area contributed by atoms with Gasteiger partial charge >= 0.3 is 0 Å². The molecule has 1 amide bonds. The van der Waals surface area contributed by atoms with E-state index in [2.05, 4.69) is 17.0 Å². The van der Waals surface area contributed by atoms with Crippen LogP contribution in [-0.2, 0) is 11.3 Å². The van der Waals surface area contributed by atoms with Crippen molar-refractivity contribution >= 4 is 5.91 Å². The fraction of sp³-hybridized carbons (Fsp3) is 0.533. The summed E-state index contributed by atoms with van der Waals surface area (Å²) in [6.07, 6.45) is 0.639. The summed E-state index contributed by atoms with van der Waals surface area (Å²) in [7, 11) is 1.83. The van der Waals surface area contributed by atoms with E-state index in [1.54, 1.807) is 4.90 Å². The summed E-state index contributed by atoms with van der Waals surface area (Å²) >= 11 is 0. The van der Waals surface area contributed by atoms with Gasteiger partial charge in [0.15, 0.2) is 0 Å². The molecule has 1 aliphatic rings. The van der Waals surface area contributed by atoms with Crippen LogP contribution in [-0.4, -0.2) is 53.1 Å². The van der Waals surface area contributed by atoms with Crippen molar-refractivity contribution in [2.75, 3.05) is 20.2 Å². The van der Waals surface area contributed by atoms with Gasteiger partial charge in [0.1, 0.15) is 0 Å². The number of nitrogens with zero attached hydrogens (tertiary/aromatic N) is 2. The lowest BCUT2D eigenvalue weighted by Gasteiger charge is -2.43. The average Bonchev–Trinajstić information content (AvgIpc) is 2.43. The van der Waals surface area contributed by atoms with Crippen molar-refractivity contribution in [3.8, 4) is 0 Å². The van der Waals surface area contributed by atoms with E-state index in [-0.39, 0.29) is 24.6 Å². The second-order valence-corrected chi connectivity index (χ2v) is 5.21. The molecule has 19 heavy (non-hydrogen) atoms. The molecule has 4 nitrogen and oxygen atoms in total. The SMILES string of the molecule is C[C@H]1C(=O)N(C)[C@@H](CCO)CN1Cc1ccccc1. The van der Waals surface area contributed by atoms with Gasteiger partial charge in [0, 0.05) is 32.8 Å². The fourth-order valence-electron chi connectivity index (χ4n) is 2.64. The van der Waals surface area contributed by atoms with Crippen molar-refractivity contribution in [3.63, 3.8) is 0 Å². The highest BCUT2D eigenvalue weighted by atomic mass is 16.3. The number of amides is 1. The molecule has 104 valence electrons. The first-order valence-corrected chi connectivity index (χ1v) is 6.79. The molecule has 1 fully saturated rings. The average molecular weight is 262 g/mol. The Bertz CT molecular complexity index is 421. The van der Waals surface area contributed by atoms with Crippen molar-refractivity contribution in [2.45, 2.75) is 32.0 Å². The van der Waals surface area contributed by atoms with E-state index in [1.165, 1.54) is 5.56 Å². The number of carbonyl (C=O) groups excluding carboxylic acids is 1. The standard InChI is InChI=1S/C15H22N2O2/c1-12-15(19)16(2)14(8-9-18)11-17(12)10-13-6-4-3-5-7-13/h3-7,12,14,18H,8-11H2,1-2H3/t12-,14-/m0/s1. The Morgan fingerprint density at radius 2 is 2.00 bits per heavy atom. The number of hydrogen-bond acceptors (Lipinski definition) is 3. The number of piperazine rings is 1. The van der Waals surface area contributed by atoms with Crippen molar-refractivity contribution in [1.29, 1.82) is 0 Å². The summed E-state index contributed by atoms with van der Waals surface area (Å²) in [6.45, 7) is 3.68. The Balaban J connectivity index is 2.09. The lowest BCUT2D eigenvalue weighted by Crippen LogP contribution is -2.59. The van der Waals surface area contributed by atoms with Crippen LogP contribution in [0, 0.1) is 0 Å². The van der Waals surface area contributed by atoms with E-state index in [1.807, 2.05) is 32.2 Å². The first-order chi connectivity index (χ1) is 9.13. The van der Waals surface area contributed by atoms with E-state index in [0.717, 1.165) is 13.1 Å². The molecule has 0 aliphatic carbocycles. The van der Waals surface area contributed by atoms with Gasteiger partial charge in [-0.25, -0.2) is 0 Å². The van der Waals surface area contributed by atoms with Crippen molar-refractivity contribution in [2.24, 2.45) is 0 Å². The molecule has 1 N–H and O–H groups in total. The van der Waals surface area contributed by atoms with Crippen LogP contribution in [0.4, 0.5) is 0 Å². The van der Waals surface area contributed by atoms with Gasteiger partial charge in [0.05, 0.1) is 6.04 Å². The molecule has 1 aromatic carbocycles. The molecule has 1 heterocycles. The first-order valence-electron chi connectivity index (χ1n) is 6.79. The van der Waals surface area contributed by atoms with Gasteiger partial charge < -0.3 is 10.0 Å². The van der Waals surface area contributed by atoms with Gasteiger partial charge in [0.2, 0.25) is 5.91 Å². The lowest BCUT2D eigenvalue weighted by molar-refractivity contribution is -0.144. The zero-order valence-electron chi connectivity index (χ0n) is 11.6. The summed E-state index contributed by atoms with van der Waals surface area (Å²) in [4.78, 5) is 16.2. The highest BCUT2D eigenvalue weighted by Gasteiger charge is 2.35. The molecule has 0 saturated carbocycles. The molecule has 4 heteroatoms. The molecule has 2 rings (SSSR count). The van der Waals surface area contributed by atoms with Crippen LogP contribution >= 0.6 is 0 Å². The van der Waals surface area contributed by atoms with E-state index < -0.39 is 0 Å². The molecule has 0 bridgehead atoms. The summed E-state index contributed by atoms with van der Waals surface area (Å²) in [5, 5.41) is 9.11. The Kier molecular flexibility index (Phi) is 4.56. The minimum Gasteiger partial charge on any atom is -0.396 e. The van der Waals surface area contributed by atoms with Crippen LogP contribution in [0.5, 0.6) is 0 Å². The van der Waals surface area contributed by atoms with Crippen molar-refractivity contribution in [3.05, 3.63) is 35.9 Å². The fourth-order valence-corrected chi connectivity index (χ4v) is 2.64. The maximum absolute atomic E-state index is 12.2. The number of hydrogen-bond donors (Lipinski definition) is 1. The third-order valence-electron chi connectivity index (χ3n) is 3.94. The molecular weight excluding hydrogens is 240 g/mol. The Morgan fingerprint density at radius 1 is 1.32 bits per heavy atom. The summed E-state index contributed by atoms with van der Waals surface area (Å²) in [6, 6.07) is 10.2. The molecule has 2 atom stereocenters. The van der Waals surface area contributed by atoms with Gasteiger partial charge in [-0.15, -0.1) is 0 Å². The van der Waals surface area contributed by atoms with Gasteiger partial charge in [-0.1, -0.05) is 30.3 Å². The van der Waals surface area contributed by atoms with E-state index in [9.17, 15) is 4.79 Å². The number of aliphatic hydroxyl groups excluding tert-OH is 1.